The second-order valence-electron chi connectivity index (χ2n) is 7.86. The summed E-state index contributed by atoms with van der Waals surface area (Å²) in [6, 6.07) is 10.6. The Hall–Kier alpha value is -3.09. The molecule has 1 aliphatic carbocycles. The molecule has 2 amide bonds. The molecule has 6 nitrogen and oxygen atoms in total. The number of hydrogen-bond donors (Lipinski definition) is 1. The van der Waals surface area contributed by atoms with E-state index in [2.05, 4.69) is 11.4 Å². The van der Waals surface area contributed by atoms with E-state index in [1.165, 1.54) is 24.5 Å². The summed E-state index contributed by atoms with van der Waals surface area (Å²) in [4.78, 5) is 25.7. The van der Waals surface area contributed by atoms with Crippen LogP contribution < -0.4 is 14.8 Å². The Kier molecular flexibility index (Phi) is 4.38. The molecule has 2 fully saturated rings. The predicted octanol–water partition coefficient (Wildman–Crippen LogP) is 3.19. The molecule has 2 aromatic carbocycles. The molecule has 2 aliphatic heterocycles. The number of para-hydroxylation sites is 1. The number of nitrogens with one attached hydrogen (secondary N) is 1. The Morgan fingerprint density at radius 2 is 2.03 bits per heavy atom. The molecular formula is C22H21FN2O4. The van der Waals surface area contributed by atoms with Crippen LogP contribution in [0.4, 0.5) is 10.1 Å². The average molecular weight is 396 g/mol. The molecule has 5 rings (SSSR count). The maximum Gasteiger partial charge on any atom is 0.262 e. The van der Waals surface area contributed by atoms with E-state index in [-0.39, 0.29) is 35.7 Å². The molecule has 0 radical (unpaired) electrons. The van der Waals surface area contributed by atoms with Gasteiger partial charge in [-0.25, -0.2) is 4.39 Å². The lowest BCUT2D eigenvalue weighted by atomic mass is 9.99. The first-order chi connectivity index (χ1) is 14.1. The lowest BCUT2D eigenvalue weighted by molar-refractivity contribution is -0.118. The number of ether oxygens (including phenoxy) is 2. The molecule has 1 saturated carbocycles. The summed E-state index contributed by atoms with van der Waals surface area (Å²) in [5.74, 6) is 0.633. The zero-order valence-electron chi connectivity index (χ0n) is 15.8. The van der Waals surface area contributed by atoms with Crippen LogP contribution in [0.3, 0.4) is 0 Å². The van der Waals surface area contributed by atoms with E-state index in [0.717, 1.165) is 11.8 Å². The number of amides is 2. The molecule has 0 atom stereocenters. The smallest absolute Gasteiger partial charge is 0.262 e. The van der Waals surface area contributed by atoms with Crippen LogP contribution in [0, 0.1) is 11.7 Å². The fourth-order valence-electron chi connectivity index (χ4n) is 3.83. The minimum Gasteiger partial charge on any atom is -0.493 e. The number of likely N-dealkylation sites (tertiary alicyclic amines) is 1. The van der Waals surface area contributed by atoms with Crippen LogP contribution in [0.5, 0.6) is 11.5 Å². The third-order valence-corrected chi connectivity index (χ3v) is 5.59. The van der Waals surface area contributed by atoms with Crippen molar-refractivity contribution in [2.45, 2.75) is 18.8 Å². The van der Waals surface area contributed by atoms with E-state index >= 15 is 0 Å². The van der Waals surface area contributed by atoms with E-state index in [1.54, 1.807) is 4.90 Å². The average Bonchev–Trinajstić information content (AvgIpc) is 3.52. The first kappa shape index (κ1) is 18.0. The fraction of sp³-hybridized carbons (Fsp3) is 0.364. The number of halogens is 1. The van der Waals surface area contributed by atoms with Crippen LogP contribution in [-0.4, -0.2) is 43.0 Å². The number of carbonyl (C=O) groups excluding carboxylic acids is 2. The zero-order valence-corrected chi connectivity index (χ0v) is 15.8. The fourth-order valence-corrected chi connectivity index (χ4v) is 3.83. The highest BCUT2D eigenvalue weighted by Gasteiger charge is 2.34. The van der Waals surface area contributed by atoms with E-state index in [0.29, 0.717) is 31.3 Å². The number of nitrogens with zero attached hydrogens (tertiary/aromatic N) is 1. The molecule has 2 heterocycles. The van der Waals surface area contributed by atoms with Gasteiger partial charge in [0.15, 0.2) is 6.61 Å². The molecule has 0 spiro atoms. The van der Waals surface area contributed by atoms with Crippen molar-refractivity contribution in [2.75, 3.05) is 31.6 Å². The molecule has 0 unspecified atom stereocenters. The quantitative estimate of drug-likeness (QED) is 0.843. The minimum atomic E-state index is -0.650. The monoisotopic (exact) mass is 396 g/mol. The highest BCUT2D eigenvalue weighted by molar-refractivity contribution is 6.00. The van der Waals surface area contributed by atoms with E-state index in [1.807, 2.05) is 18.2 Å². The second-order valence-corrected chi connectivity index (χ2v) is 7.86. The Morgan fingerprint density at radius 3 is 2.83 bits per heavy atom. The summed E-state index contributed by atoms with van der Waals surface area (Å²) < 4.78 is 25.6. The molecule has 3 aliphatic rings. The van der Waals surface area contributed by atoms with Gasteiger partial charge in [0.2, 0.25) is 0 Å². The Morgan fingerprint density at radius 1 is 1.24 bits per heavy atom. The molecule has 7 heteroatoms. The van der Waals surface area contributed by atoms with Crippen molar-refractivity contribution in [3.8, 4) is 11.5 Å². The van der Waals surface area contributed by atoms with Gasteiger partial charge in [0.1, 0.15) is 17.3 Å². The number of anilines is 1. The Balaban J connectivity index is 1.20. The topological polar surface area (TPSA) is 67.9 Å². The van der Waals surface area contributed by atoms with E-state index in [4.69, 9.17) is 9.47 Å². The molecule has 1 N–H and O–H groups in total. The van der Waals surface area contributed by atoms with Gasteiger partial charge < -0.3 is 19.7 Å². The number of benzene rings is 2. The zero-order chi connectivity index (χ0) is 20.0. The van der Waals surface area contributed by atoms with Crippen LogP contribution in [0.1, 0.15) is 34.7 Å². The van der Waals surface area contributed by atoms with E-state index in [9.17, 15) is 14.0 Å². The van der Waals surface area contributed by atoms with Crippen LogP contribution in [0.15, 0.2) is 36.4 Å². The van der Waals surface area contributed by atoms with Crippen molar-refractivity contribution in [3.05, 3.63) is 53.3 Å². The van der Waals surface area contributed by atoms with Gasteiger partial charge in [0, 0.05) is 25.1 Å². The summed E-state index contributed by atoms with van der Waals surface area (Å²) in [6.07, 6.45) is 2.42. The summed E-state index contributed by atoms with van der Waals surface area (Å²) in [7, 11) is 0. The SMILES string of the molecule is O=C1COc2cc(F)c(C(=O)N3CC(COc4ccccc4C4CC4)C3)cc2N1. The Bertz CT molecular complexity index is 983. The molecule has 2 aromatic rings. The van der Waals surface area contributed by atoms with Crippen molar-refractivity contribution in [3.63, 3.8) is 0 Å². The molecule has 1 saturated heterocycles. The van der Waals surface area contributed by atoms with Crippen LogP contribution in [0.2, 0.25) is 0 Å². The summed E-state index contributed by atoms with van der Waals surface area (Å²) in [5, 5.41) is 2.60. The standard InChI is InChI=1S/C22H21FN2O4/c23-17-8-20-18(24-21(26)12-29-20)7-16(17)22(27)25-9-13(10-25)11-28-19-4-2-1-3-15(19)14-5-6-14/h1-4,7-8,13-14H,5-6,9-12H2,(H,24,26). The molecule has 0 aromatic heterocycles. The predicted molar refractivity (Wildman–Crippen MR) is 104 cm³/mol. The second kappa shape index (κ2) is 7.06. The van der Waals surface area contributed by atoms with Crippen LogP contribution >= 0.6 is 0 Å². The van der Waals surface area contributed by atoms with Gasteiger partial charge in [-0.3, -0.25) is 9.59 Å². The lowest BCUT2D eigenvalue weighted by Crippen LogP contribution is -2.52. The maximum absolute atomic E-state index is 14.4. The van der Waals surface area contributed by atoms with E-state index < -0.39 is 5.82 Å². The molecule has 150 valence electrons. The van der Waals surface area contributed by atoms with Crippen molar-refractivity contribution in [2.24, 2.45) is 5.92 Å². The Labute approximate surface area is 167 Å². The normalized spacial score (nSPS) is 18.4. The highest BCUT2D eigenvalue weighted by atomic mass is 19.1. The maximum atomic E-state index is 14.4. The first-order valence-corrected chi connectivity index (χ1v) is 9.85. The van der Waals surface area contributed by atoms with Crippen molar-refractivity contribution >= 4 is 17.5 Å². The molecule has 0 bridgehead atoms. The van der Waals surface area contributed by atoms with Gasteiger partial charge in [-0.1, -0.05) is 18.2 Å². The van der Waals surface area contributed by atoms with Gasteiger partial charge in [-0.15, -0.1) is 0 Å². The number of carbonyl (C=O) groups is 2. The number of rotatable bonds is 5. The van der Waals surface area contributed by atoms with Crippen molar-refractivity contribution < 1.29 is 23.5 Å². The first-order valence-electron chi connectivity index (χ1n) is 9.85. The van der Waals surface area contributed by atoms with Gasteiger partial charge in [0.25, 0.3) is 11.8 Å². The van der Waals surface area contributed by atoms with Crippen LogP contribution in [-0.2, 0) is 4.79 Å². The summed E-state index contributed by atoms with van der Waals surface area (Å²) in [5.41, 5.74) is 1.52. The van der Waals surface area contributed by atoms with Gasteiger partial charge in [-0.05, 0) is 36.5 Å². The lowest BCUT2D eigenvalue weighted by Gasteiger charge is -2.39. The third-order valence-electron chi connectivity index (χ3n) is 5.59. The molecule has 29 heavy (non-hydrogen) atoms. The van der Waals surface area contributed by atoms with Gasteiger partial charge in [0.05, 0.1) is 17.9 Å². The molecular weight excluding hydrogens is 375 g/mol. The largest absolute Gasteiger partial charge is 0.493 e. The summed E-state index contributed by atoms with van der Waals surface area (Å²) in [6.45, 7) is 1.41. The van der Waals surface area contributed by atoms with Gasteiger partial charge in [-0.2, -0.15) is 0 Å². The van der Waals surface area contributed by atoms with Crippen molar-refractivity contribution in [1.29, 1.82) is 0 Å². The minimum absolute atomic E-state index is 0.0620. The number of hydrogen-bond acceptors (Lipinski definition) is 4. The summed E-state index contributed by atoms with van der Waals surface area (Å²) >= 11 is 0. The van der Waals surface area contributed by atoms with Crippen molar-refractivity contribution in [1.82, 2.24) is 4.90 Å². The third kappa shape index (κ3) is 3.52. The number of fused-ring (bicyclic) bond motifs is 1. The van der Waals surface area contributed by atoms with Gasteiger partial charge >= 0.3 is 0 Å². The van der Waals surface area contributed by atoms with Crippen LogP contribution in [0.25, 0.3) is 0 Å². The highest BCUT2D eigenvalue weighted by Crippen LogP contribution is 2.44.